The highest BCUT2D eigenvalue weighted by atomic mass is 16.8. The number of phenols is 7. The van der Waals surface area contributed by atoms with Gasteiger partial charge in [-0.15, -0.1) is 0 Å². The fourth-order valence-corrected chi connectivity index (χ4v) is 9.07. The third kappa shape index (κ3) is 5.84. The molecule has 10 rings (SSSR count). The lowest BCUT2D eigenvalue weighted by Gasteiger charge is -2.49. The predicted molar refractivity (Wildman–Crippen MR) is 201 cm³/mol. The van der Waals surface area contributed by atoms with E-state index in [-0.39, 0.29) is 6.08 Å². The minimum absolute atomic E-state index is 0.260. The summed E-state index contributed by atoms with van der Waals surface area (Å²) in [4.78, 5) is 98.4. The summed E-state index contributed by atoms with van der Waals surface area (Å²) in [6.07, 6.45) is -11.9. The van der Waals surface area contributed by atoms with Crippen LogP contribution in [0.15, 0.2) is 47.6 Å². The molecule has 3 aromatic rings. The molecule has 9 atom stereocenters. The second-order valence-corrected chi connectivity index (χ2v) is 16.3. The second kappa shape index (κ2) is 14.1. The number of fused-ring (bicyclic) bond motifs is 2. The molecule has 69 heavy (non-hydrogen) atoms. The molecule has 3 aromatic carbocycles. The van der Waals surface area contributed by atoms with Crippen LogP contribution in [-0.2, 0) is 47.6 Å². The average molecular weight is 969 g/mol. The standard InChI is InChI=1S/C41H28O28/c42-13-1-8(2-14(43)24(13)48)32(51)67-37-31-30-27(64-36(55)12-6-19(47)41(61)39(58,59)23(12)21-10(35(54)66-31)4-16(45)26(50)29(21)69-41)17(63-37)7-62-33(52)11-5-18(46)40(60)38(56,57)22(11)20-9(34(53)65-30)3-15(44)25(49)28(20)68-40/h1-6,17,22-23,27,30-31,37,42-45,48-50,56-61H,7H2/t17-,22+,23+,27-,30+,31-,37+,40+,41?/m1/s1. The molecule has 0 saturated carbocycles. The van der Waals surface area contributed by atoms with Crippen molar-refractivity contribution in [3.05, 3.63) is 75.4 Å². The van der Waals surface area contributed by atoms with E-state index in [4.69, 9.17) is 37.9 Å². The molecule has 5 heterocycles. The molecule has 2 aliphatic carbocycles. The number of hydrogen-bond donors (Lipinski definition) is 13. The maximum absolute atomic E-state index is 14.7. The Morgan fingerprint density at radius 2 is 0.986 bits per heavy atom. The zero-order valence-electron chi connectivity index (χ0n) is 33.7. The molecule has 8 bridgehead atoms. The minimum atomic E-state index is -3.99. The zero-order chi connectivity index (χ0) is 49.9. The fourth-order valence-electron chi connectivity index (χ4n) is 9.07. The molecule has 0 spiro atoms. The molecule has 7 aliphatic rings. The molecule has 360 valence electrons. The van der Waals surface area contributed by atoms with Crippen LogP contribution in [0.3, 0.4) is 0 Å². The van der Waals surface area contributed by atoms with E-state index in [1.165, 1.54) is 0 Å². The summed E-state index contributed by atoms with van der Waals surface area (Å²) in [5.74, 6) is -44.2. The number of ether oxygens (including phenoxy) is 8. The zero-order valence-corrected chi connectivity index (χ0v) is 33.7. The fraction of sp³-hybridized carbons (Fsp3) is 0.293. The van der Waals surface area contributed by atoms with Crippen molar-refractivity contribution in [2.75, 3.05) is 6.61 Å². The molecule has 5 aliphatic heterocycles. The van der Waals surface area contributed by atoms with Crippen molar-refractivity contribution in [2.45, 2.75) is 65.7 Å². The number of rotatable bonds is 2. The summed E-state index contributed by atoms with van der Waals surface area (Å²) in [6.45, 7) is -1.35. The number of carbonyl (C=O) groups excluding carboxylic acids is 7. The summed E-state index contributed by atoms with van der Waals surface area (Å²) >= 11 is 0. The third-order valence-corrected chi connectivity index (χ3v) is 12.4. The number of ketones is 2. The molecular weight excluding hydrogens is 940 g/mol. The van der Waals surface area contributed by atoms with Crippen molar-refractivity contribution < 1.29 is 138 Å². The highest BCUT2D eigenvalue weighted by Gasteiger charge is 2.72. The van der Waals surface area contributed by atoms with Crippen molar-refractivity contribution in [3.63, 3.8) is 0 Å². The lowest BCUT2D eigenvalue weighted by molar-refractivity contribution is -0.339. The maximum atomic E-state index is 14.7. The van der Waals surface area contributed by atoms with E-state index in [0.29, 0.717) is 30.3 Å². The molecule has 0 radical (unpaired) electrons. The molecule has 28 heteroatoms. The summed E-state index contributed by atoms with van der Waals surface area (Å²) in [7, 11) is 0. The molecule has 0 amide bonds. The van der Waals surface area contributed by atoms with E-state index in [1.807, 2.05) is 0 Å². The highest BCUT2D eigenvalue weighted by Crippen LogP contribution is 2.60. The van der Waals surface area contributed by atoms with Crippen molar-refractivity contribution in [1.82, 2.24) is 0 Å². The number of cyclic esters (lactones) is 1. The van der Waals surface area contributed by atoms with E-state index >= 15 is 0 Å². The monoisotopic (exact) mass is 968 g/mol. The summed E-state index contributed by atoms with van der Waals surface area (Å²) in [6, 6.07) is 1.89. The Kier molecular flexibility index (Phi) is 9.14. The van der Waals surface area contributed by atoms with Gasteiger partial charge in [0.05, 0.1) is 39.7 Å². The van der Waals surface area contributed by atoms with Crippen molar-refractivity contribution in [1.29, 1.82) is 0 Å². The largest absolute Gasteiger partial charge is 0.504 e. The lowest BCUT2D eigenvalue weighted by Crippen LogP contribution is -2.70. The number of phenolic OH excluding ortho intramolecular Hbond substituents is 7. The van der Waals surface area contributed by atoms with E-state index in [9.17, 15) is 99.9 Å². The Labute approximate surface area is 378 Å². The van der Waals surface area contributed by atoms with Crippen molar-refractivity contribution >= 4 is 41.4 Å². The average Bonchev–Trinajstić information content (AvgIpc) is 3.27. The van der Waals surface area contributed by atoms with Gasteiger partial charge in [0.2, 0.25) is 35.5 Å². The predicted octanol–water partition coefficient (Wildman–Crippen LogP) is -3.85. The normalized spacial score (nSPS) is 31.2. The van der Waals surface area contributed by atoms with Crippen molar-refractivity contribution in [2.24, 2.45) is 0 Å². The van der Waals surface area contributed by atoms with E-state index in [1.54, 1.807) is 0 Å². The first kappa shape index (κ1) is 44.6. The number of aromatic hydroxyl groups is 7. The molecular formula is C41H28O28. The van der Waals surface area contributed by atoms with Gasteiger partial charge in [-0.25, -0.2) is 24.0 Å². The van der Waals surface area contributed by atoms with Crippen LogP contribution < -0.4 is 9.47 Å². The van der Waals surface area contributed by atoms with Crippen LogP contribution in [0.2, 0.25) is 0 Å². The third-order valence-electron chi connectivity index (χ3n) is 12.4. The van der Waals surface area contributed by atoms with Crippen LogP contribution in [0.1, 0.15) is 54.0 Å². The lowest BCUT2D eigenvalue weighted by atomic mass is 9.70. The smallest absolute Gasteiger partial charge is 0.340 e. The number of benzene rings is 3. The van der Waals surface area contributed by atoms with Gasteiger partial charge in [0.1, 0.15) is 12.7 Å². The molecule has 1 saturated heterocycles. The summed E-state index contributed by atoms with van der Waals surface area (Å²) in [5, 5.41) is 142. The Bertz CT molecular complexity index is 3010. The molecule has 1 fully saturated rings. The van der Waals surface area contributed by atoms with Gasteiger partial charge in [0, 0.05) is 11.1 Å². The van der Waals surface area contributed by atoms with Crippen LogP contribution in [0, 0.1) is 0 Å². The van der Waals surface area contributed by atoms with Crippen LogP contribution >= 0.6 is 0 Å². The van der Waals surface area contributed by atoms with E-state index < -0.39 is 204 Å². The summed E-state index contributed by atoms with van der Waals surface area (Å²) in [5.41, 5.74) is -7.33. The second-order valence-electron chi connectivity index (χ2n) is 16.3. The first-order valence-corrected chi connectivity index (χ1v) is 19.6. The van der Waals surface area contributed by atoms with Crippen molar-refractivity contribution in [3.8, 4) is 51.7 Å². The number of hydrogen-bond acceptors (Lipinski definition) is 28. The summed E-state index contributed by atoms with van der Waals surface area (Å²) < 4.78 is 44.1. The van der Waals surface area contributed by atoms with Crippen LogP contribution in [0.5, 0.6) is 51.7 Å². The van der Waals surface area contributed by atoms with Crippen LogP contribution in [0.25, 0.3) is 0 Å². The van der Waals surface area contributed by atoms with E-state index in [2.05, 4.69) is 0 Å². The topological polar surface area (TPSA) is 456 Å². The van der Waals surface area contributed by atoms with Gasteiger partial charge in [-0.3, -0.25) is 9.59 Å². The molecule has 1 unspecified atom stereocenters. The van der Waals surface area contributed by atoms with Gasteiger partial charge in [-0.2, -0.15) is 0 Å². The van der Waals surface area contributed by atoms with Gasteiger partial charge >= 0.3 is 41.4 Å². The van der Waals surface area contributed by atoms with Gasteiger partial charge in [0.15, 0.2) is 52.5 Å². The van der Waals surface area contributed by atoms with E-state index in [0.717, 1.165) is 0 Å². The van der Waals surface area contributed by atoms with Crippen LogP contribution in [0.4, 0.5) is 0 Å². The Balaban J connectivity index is 1.21. The highest BCUT2D eigenvalue weighted by molar-refractivity contribution is 6.10. The minimum Gasteiger partial charge on any atom is -0.504 e. The first-order chi connectivity index (χ1) is 32.2. The Morgan fingerprint density at radius 1 is 0.551 bits per heavy atom. The van der Waals surface area contributed by atoms with Gasteiger partial charge in [-0.05, 0) is 36.4 Å². The van der Waals surface area contributed by atoms with Crippen LogP contribution in [-0.4, -0.2) is 168 Å². The molecule has 0 aromatic heterocycles. The maximum Gasteiger partial charge on any atom is 0.340 e. The van der Waals surface area contributed by atoms with Gasteiger partial charge in [-0.1, -0.05) is 0 Å². The Morgan fingerprint density at radius 3 is 1.48 bits per heavy atom. The molecule has 28 nitrogen and oxygen atoms in total. The molecule has 13 N–H and O–H groups in total. The quantitative estimate of drug-likeness (QED) is 0.0506. The first-order valence-electron chi connectivity index (χ1n) is 19.6. The van der Waals surface area contributed by atoms with Gasteiger partial charge in [0.25, 0.3) is 11.6 Å². The van der Waals surface area contributed by atoms with Gasteiger partial charge < -0.3 is 104 Å². The number of aliphatic hydroxyl groups is 6. The SMILES string of the molecule is O=C1O[C@H]2[C@@H]3OC(=O)c4cc(O)c(O)c5c4[C@@H]4C(=CC(=O)[C@](O)(O5)C4(O)O)C(=O)OC[C@H]2O[C@@H](OC(=O)c2cc(O)c(O)c(O)c2)[C@@H]3OC(=O)c2cc(O)c(O)c3c2[C@@H]2C1=CC(=O)C(O)(O3)C2(O)O. The number of carbonyl (C=O) groups is 7. The Hall–Kier alpha value is -8.25. The number of esters is 5.